The molecule has 2 saturated heterocycles. The monoisotopic (exact) mass is 192 g/mol. The van der Waals surface area contributed by atoms with Gasteiger partial charge in [0.1, 0.15) is 6.26 Å². The molecule has 4 heteroatoms. The summed E-state index contributed by atoms with van der Waals surface area (Å²) >= 11 is 0. The van der Waals surface area contributed by atoms with E-state index in [1.807, 2.05) is 4.90 Å². The molecule has 1 amide bonds. The molecule has 2 aliphatic heterocycles. The van der Waals surface area contributed by atoms with E-state index in [0.29, 0.717) is 17.6 Å². The maximum Gasteiger partial charge on any atom is 0.257 e. The van der Waals surface area contributed by atoms with Crippen LogP contribution in [0.2, 0.25) is 0 Å². The van der Waals surface area contributed by atoms with Crippen LogP contribution in [0, 0.1) is 0 Å². The van der Waals surface area contributed by atoms with Gasteiger partial charge in [0.15, 0.2) is 0 Å². The molecule has 0 saturated carbocycles. The first kappa shape index (κ1) is 8.05. The van der Waals surface area contributed by atoms with Gasteiger partial charge in [0.2, 0.25) is 0 Å². The molecule has 2 atom stereocenters. The van der Waals surface area contributed by atoms with Crippen molar-refractivity contribution >= 4 is 5.91 Å². The Labute approximate surface area is 81.9 Å². The molecule has 2 aliphatic rings. The van der Waals surface area contributed by atoms with Crippen LogP contribution in [0.15, 0.2) is 23.0 Å². The molecule has 0 bridgehead atoms. The van der Waals surface area contributed by atoms with E-state index in [4.69, 9.17) is 4.42 Å². The zero-order valence-electron chi connectivity index (χ0n) is 7.77. The lowest BCUT2D eigenvalue weighted by atomic mass is 9.97. The quantitative estimate of drug-likeness (QED) is 0.703. The molecule has 2 fully saturated rings. The fourth-order valence-corrected chi connectivity index (χ4v) is 2.31. The van der Waals surface area contributed by atoms with E-state index in [1.54, 1.807) is 6.07 Å². The first-order chi connectivity index (χ1) is 6.86. The Bertz CT molecular complexity index is 347. The third kappa shape index (κ3) is 1.00. The molecule has 14 heavy (non-hydrogen) atoms. The van der Waals surface area contributed by atoms with Crippen molar-refractivity contribution in [2.24, 2.45) is 0 Å². The third-order valence-corrected chi connectivity index (χ3v) is 3.13. The number of furan rings is 1. The molecule has 1 aromatic rings. The standard InChI is InChI=1S/C10H12N2O2/c13-10(7-2-4-14-6-7)12-5-8-9(12)1-3-11-8/h2,4,6,8-9,11H,1,3,5H2. The Kier molecular flexibility index (Phi) is 1.64. The third-order valence-electron chi connectivity index (χ3n) is 3.13. The highest BCUT2D eigenvalue weighted by atomic mass is 16.3. The van der Waals surface area contributed by atoms with Crippen LogP contribution < -0.4 is 5.32 Å². The number of likely N-dealkylation sites (tertiary alicyclic amines) is 1. The van der Waals surface area contributed by atoms with E-state index in [9.17, 15) is 4.79 Å². The molecule has 4 nitrogen and oxygen atoms in total. The second-order valence-corrected chi connectivity index (χ2v) is 3.89. The molecule has 0 spiro atoms. The van der Waals surface area contributed by atoms with Crippen molar-refractivity contribution in [3.8, 4) is 0 Å². The zero-order valence-corrected chi connectivity index (χ0v) is 7.77. The zero-order chi connectivity index (χ0) is 9.54. The Morgan fingerprint density at radius 1 is 1.64 bits per heavy atom. The van der Waals surface area contributed by atoms with Crippen molar-refractivity contribution in [2.45, 2.75) is 18.5 Å². The number of nitrogens with one attached hydrogen (secondary N) is 1. The lowest BCUT2D eigenvalue weighted by Crippen LogP contribution is -2.62. The lowest BCUT2D eigenvalue weighted by molar-refractivity contribution is 0.0410. The van der Waals surface area contributed by atoms with Crippen LogP contribution in [0.4, 0.5) is 0 Å². The van der Waals surface area contributed by atoms with Gasteiger partial charge < -0.3 is 14.6 Å². The summed E-state index contributed by atoms with van der Waals surface area (Å²) in [5.74, 6) is 0.101. The molecule has 0 aliphatic carbocycles. The van der Waals surface area contributed by atoms with Gasteiger partial charge in [-0.1, -0.05) is 0 Å². The van der Waals surface area contributed by atoms with Crippen molar-refractivity contribution in [3.05, 3.63) is 24.2 Å². The highest BCUT2D eigenvalue weighted by Gasteiger charge is 2.44. The van der Waals surface area contributed by atoms with Crippen LogP contribution in [0.5, 0.6) is 0 Å². The fraction of sp³-hybridized carbons (Fsp3) is 0.500. The number of carbonyl (C=O) groups is 1. The summed E-state index contributed by atoms with van der Waals surface area (Å²) in [6.07, 6.45) is 4.13. The van der Waals surface area contributed by atoms with Gasteiger partial charge in [-0.3, -0.25) is 4.79 Å². The summed E-state index contributed by atoms with van der Waals surface area (Å²) in [4.78, 5) is 13.8. The van der Waals surface area contributed by atoms with E-state index < -0.39 is 0 Å². The Hall–Kier alpha value is -1.29. The molecule has 2 unspecified atom stereocenters. The largest absolute Gasteiger partial charge is 0.472 e. The van der Waals surface area contributed by atoms with E-state index in [-0.39, 0.29) is 5.91 Å². The Balaban J connectivity index is 1.75. The van der Waals surface area contributed by atoms with Crippen LogP contribution in [0.1, 0.15) is 16.8 Å². The number of hydrogen-bond acceptors (Lipinski definition) is 3. The van der Waals surface area contributed by atoms with Crippen molar-refractivity contribution in [2.75, 3.05) is 13.1 Å². The maximum absolute atomic E-state index is 11.9. The van der Waals surface area contributed by atoms with Crippen molar-refractivity contribution in [3.63, 3.8) is 0 Å². The van der Waals surface area contributed by atoms with Gasteiger partial charge >= 0.3 is 0 Å². The van der Waals surface area contributed by atoms with Gasteiger partial charge in [0.05, 0.1) is 17.9 Å². The SMILES string of the molecule is O=C(c1ccoc1)N1CC2NCCC21. The summed E-state index contributed by atoms with van der Waals surface area (Å²) in [5.41, 5.74) is 0.662. The molecule has 1 N–H and O–H groups in total. The molecule has 0 radical (unpaired) electrons. The summed E-state index contributed by atoms with van der Waals surface area (Å²) in [6.45, 7) is 1.87. The number of rotatable bonds is 1. The fourth-order valence-electron chi connectivity index (χ4n) is 2.31. The van der Waals surface area contributed by atoms with Gasteiger partial charge in [-0.25, -0.2) is 0 Å². The van der Waals surface area contributed by atoms with Crippen molar-refractivity contribution in [1.29, 1.82) is 0 Å². The topological polar surface area (TPSA) is 45.5 Å². The molecule has 1 aromatic heterocycles. The number of nitrogens with zero attached hydrogens (tertiary/aromatic N) is 1. The number of hydrogen-bond donors (Lipinski definition) is 1. The number of amides is 1. The van der Waals surface area contributed by atoms with Crippen LogP contribution in [-0.4, -0.2) is 36.0 Å². The van der Waals surface area contributed by atoms with Crippen molar-refractivity contribution in [1.82, 2.24) is 10.2 Å². The van der Waals surface area contributed by atoms with Crippen LogP contribution in [0.3, 0.4) is 0 Å². The Morgan fingerprint density at radius 3 is 3.29 bits per heavy atom. The van der Waals surface area contributed by atoms with Crippen molar-refractivity contribution < 1.29 is 9.21 Å². The summed E-state index contributed by atoms with van der Waals surface area (Å²) < 4.78 is 4.90. The normalized spacial score (nSPS) is 29.9. The van der Waals surface area contributed by atoms with Crippen LogP contribution in [-0.2, 0) is 0 Å². The average Bonchev–Trinajstić information content (AvgIpc) is 2.75. The van der Waals surface area contributed by atoms with Gasteiger partial charge in [0, 0.05) is 12.6 Å². The summed E-state index contributed by atoms with van der Waals surface area (Å²) in [6, 6.07) is 2.67. The first-order valence-corrected chi connectivity index (χ1v) is 4.93. The first-order valence-electron chi connectivity index (χ1n) is 4.93. The number of carbonyl (C=O) groups excluding carboxylic acids is 1. The van der Waals surface area contributed by atoms with E-state index >= 15 is 0 Å². The van der Waals surface area contributed by atoms with Gasteiger partial charge in [-0.2, -0.15) is 0 Å². The molecule has 3 rings (SSSR count). The number of fused-ring (bicyclic) bond motifs is 1. The minimum atomic E-state index is 0.101. The predicted octanol–water partition coefficient (Wildman–Crippen LogP) is 0.466. The van der Waals surface area contributed by atoms with E-state index in [1.165, 1.54) is 12.5 Å². The highest BCUT2D eigenvalue weighted by Crippen LogP contribution is 2.27. The molecular weight excluding hydrogens is 180 g/mol. The molecule has 0 aromatic carbocycles. The second-order valence-electron chi connectivity index (χ2n) is 3.89. The van der Waals surface area contributed by atoms with Crippen LogP contribution >= 0.6 is 0 Å². The minimum absolute atomic E-state index is 0.101. The lowest BCUT2D eigenvalue weighted by Gasteiger charge is -2.43. The molecular formula is C10H12N2O2. The van der Waals surface area contributed by atoms with Gasteiger partial charge in [0.25, 0.3) is 5.91 Å². The smallest absolute Gasteiger partial charge is 0.257 e. The van der Waals surface area contributed by atoms with E-state index in [2.05, 4.69) is 5.32 Å². The summed E-state index contributed by atoms with van der Waals surface area (Å²) in [7, 11) is 0. The molecule has 74 valence electrons. The second kappa shape index (κ2) is 2.85. The van der Waals surface area contributed by atoms with Gasteiger partial charge in [-0.15, -0.1) is 0 Å². The maximum atomic E-state index is 11.9. The van der Waals surface area contributed by atoms with Gasteiger partial charge in [-0.05, 0) is 19.0 Å². The van der Waals surface area contributed by atoms with E-state index in [0.717, 1.165) is 19.5 Å². The Morgan fingerprint density at radius 2 is 2.57 bits per heavy atom. The highest BCUT2D eigenvalue weighted by molar-refractivity contribution is 5.94. The van der Waals surface area contributed by atoms with Crippen LogP contribution in [0.25, 0.3) is 0 Å². The molecule has 3 heterocycles. The summed E-state index contributed by atoms with van der Waals surface area (Å²) in [5, 5.41) is 3.37. The average molecular weight is 192 g/mol. The predicted molar refractivity (Wildman–Crippen MR) is 49.9 cm³/mol. The minimum Gasteiger partial charge on any atom is -0.472 e.